The second-order valence-electron chi connectivity index (χ2n) is 3.30. The van der Waals surface area contributed by atoms with E-state index in [-0.39, 0.29) is 0 Å². The summed E-state index contributed by atoms with van der Waals surface area (Å²) < 4.78 is 0. The van der Waals surface area contributed by atoms with Gasteiger partial charge < -0.3 is 0 Å². The fourth-order valence-electron chi connectivity index (χ4n) is 1.55. The zero-order chi connectivity index (χ0) is 7.56. The highest BCUT2D eigenvalue weighted by atomic mass is 35.5. The Morgan fingerprint density at radius 3 is 2.20 bits per heavy atom. The molecule has 1 rings (SSSR count). The summed E-state index contributed by atoms with van der Waals surface area (Å²) in [6.07, 6.45) is 4.87. The van der Waals surface area contributed by atoms with Crippen molar-refractivity contribution < 1.29 is 0 Å². The molecular formula is C9H15Cl. The molecule has 0 aromatic heterocycles. The number of rotatable bonds is 1. The van der Waals surface area contributed by atoms with E-state index in [1.165, 1.54) is 31.3 Å². The van der Waals surface area contributed by atoms with Crippen molar-refractivity contribution >= 4 is 11.6 Å². The van der Waals surface area contributed by atoms with Gasteiger partial charge in [-0.3, -0.25) is 0 Å². The van der Waals surface area contributed by atoms with Crippen LogP contribution in [0.25, 0.3) is 0 Å². The molecule has 0 spiro atoms. The third-order valence-electron chi connectivity index (χ3n) is 2.35. The van der Waals surface area contributed by atoms with Crippen molar-refractivity contribution in [2.75, 3.05) is 0 Å². The fraction of sp³-hybridized carbons (Fsp3) is 0.778. The van der Waals surface area contributed by atoms with Gasteiger partial charge in [0.05, 0.1) is 0 Å². The normalized spacial score (nSPS) is 33.8. The molecule has 0 saturated heterocycles. The highest BCUT2D eigenvalue weighted by Gasteiger charge is 2.19. The van der Waals surface area contributed by atoms with Gasteiger partial charge in [-0.1, -0.05) is 12.2 Å². The first-order valence-electron chi connectivity index (χ1n) is 3.99. The Labute approximate surface area is 68.3 Å². The van der Waals surface area contributed by atoms with Crippen LogP contribution < -0.4 is 0 Å². The lowest BCUT2D eigenvalue weighted by Gasteiger charge is -2.24. The monoisotopic (exact) mass is 158 g/mol. The summed E-state index contributed by atoms with van der Waals surface area (Å²) in [5, 5.41) is 0.440. The van der Waals surface area contributed by atoms with Crippen molar-refractivity contribution in [2.24, 2.45) is 5.92 Å². The summed E-state index contributed by atoms with van der Waals surface area (Å²) in [4.78, 5) is 0. The molecule has 0 bridgehead atoms. The fourth-order valence-corrected chi connectivity index (χ4v) is 1.80. The first-order valence-corrected chi connectivity index (χ1v) is 4.43. The second kappa shape index (κ2) is 3.43. The number of alkyl halides is 1. The van der Waals surface area contributed by atoms with Crippen LogP contribution in [-0.4, -0.2) is 5.38 Å². The lowest BCUT2D eigenvalue weighted by Crippen LogP contribution is -2.14. The zero-order valence-electron chi connectivity index (χ0n) is 6.57. The van der Waals surface area contributed by atoms with Crippen molar-refractivity contribution in [3.63, 3.8) is 0 Å². The maximum Gasteiger partial charge on any atom is 0.0336 e. The maximum absolute atomic E-state index is 5.96. The van der Waals surface area contributed by atoms with Gasteiger partial charge in [-0.15, -0.1) is 11.6 Å². The van der Waals surface area contributed by atoms with Gasteiger partial charge in [0.25, 0.3) is 0 Å². The lowest BCUT2D eigenvalue weighted by molar-refractivity contribution is 0.409. The Kier molecular flexibility index (Phi) is 2.79. The van der Waals surface area contributed by atoms with E-state index < -0.39 is 0 Å². The summed E-state index contributed by atoms with van der Waals surface area (Å²) in [6.45, 7) is 6.08. The molecule has 1 heteroatoms. The largest absolute Gasteiger partial charge is 0.123 e. The molecule has 1 aliphatic carbocycles. The molecule has 58 valence electrons. The standard InChI is InChI=1S/C9H15Cl/c1-7(2)8-3-5-9(10)6-4-8/h8-9H,1,3-6H2,2H3. The number of allylic oxidation sites excluding steroid dienone is 1. The molecule has 1 fully saturated rings. The minimum absolute atomic E-state index is 0.440. The summed E-state index contributed by atoms with van der Waals surface area (Å²) in [6, 6.07) is 0. The predicted molar refractivity (Wildman–Crippen MR) is 46.4 cm³/mol. The summed E-state index contributed by atoms with van der Waals surface area (Å²) in [7, 11) is 0. The van der Waals surface area contributed by atoms with Gasteiger partial charge in [0.2, 0.25) is 0 Å². The molecule has 0 aliphatic heterocycles. The van der Waals surface area contributed by atoms with Gasteiger partial charge in [-0.2, -0.15) is 0 Å². The molecule has 0 heterocycles. The maximum atomic E-state index is 5.96. The highest BCUT2D eigenvalue weighted by Crippen LogP contribution is 2.31. The van der Waals surface area contributed by atoms with Crippen LogP contribution in [0.1, 0.15) is 32.6 Å². The van der Waals surface area contributed by atoms with Crippen LogP contribution in [0.15, 0.2) is 12.2 Å². The van der Waals surface area contributed by atoms with Crippen LogP contribution in [0.5, 0.6) is 0 Å². The first kappa shape index (κ1) is 8.13. The summed E-state index contributed by atoms with van der Waals surface area (Å²) >= 11 is 5.96. The molecule has 1 saturated carbocycles. The van der Waals surface area contributed by atoms with E-state index in [2.05, 4.69) is 13.5 Å². The van der Waals surface area contributed by atoms with Gasteiger partial charge >= 0.3 is 0 Å². The van der Waals surface area contributed by atoms with Gasteiger partial charge in [0.1, 0.15) is 0 Å². The Bertz CT molecular complexity index is 121. The number of halogens is 1. The van der Waals surface area contributed by atoms with Crippen LogP contribution in [-0.2, 0) is 0 Å². The quantitative estimate of drug-likeness (QED) is 0.406. The van der Waals surface area contributed by atoms with Crippen LogP contribution in [0.4, 0.5) is 0 Å². The minimum atomic E-state index is 0.440. The molecule has 0 atom stereocenters. The van der Waals surface area contributed by atoms with Gasteiger partial charge in [0, 0.05) is 5.38 Å². The Morgan fingerprint density at radius 2 is 1.80 bits per heavy atom. The second-order valence-corrected chi connectivity index (χ2v) is 3.91. The van der Waals surface area contributed by atoms with E-state index in [4.69, 9.17) is 11.6 Å². The van der Waals surface area contributed by atoms with Crippen LogP contribution in [0.2, 0.25) is 0 Å². The first-order chi connectivity index (χ1) is 4.70. The van der Waals surface area contributed by atoms with E-state index in [1.807, 2.05) is 0 Å². The van der Waals surface area contributed by atoms with Gasteiger partial charge in [-0.05, 0) is 38.5 Å². The smallest absolute Gasteiger partial charge is 0.0336 e. The third kappa shape index (κ3) is 2.02. The highest BCUT2D eigenvalue weighted by molar-refractivity contribution is 6.20. The van der Waals surface area contributed by atoms with E-state index >= 15 is 0 Å². The molecule has 0 nitrogen and oxygen atoms in total. The molecule has 0 N–H and O–H groups in total. The Morgan fingerprint density at radius 1 is 1.30 bits per heavy atom. The van der Waals surface area contributed by atoms with E-state index in [9.17, 15) is 0 Å². The third-order valence-corrected chi connectivity index (χ3v) is 2.79. The molecule has 0 amide bonds. The molecule has 0 unspecified atom stereocenters. The molecule has 1 aliphatic rings. The molecule has 0 aromatic rings. The van der Waals surface area contributed by atoms with Crippen molar-refractivity contribution in [3.05, 3.63) is 12.2 Å². The van der Waals surface area contributed by atoms with Crippen LogP contribution in [0, 0.1) is 5.92 Å². The van der Waals surface area contributed by atoms with Crippen LogP contribution in [0.3, 0.4) is 0 Å². The Balaban J connectivity index is 2.33. The average molecular weight is 159 g/mol. The van der Waals surface area contributed by atoms with Crippen molar-refractivity contribution in [3.8, 4) is 0 Å². The molecule has 10 heavy (non-hydrogen) atoms. The molecular weight excluding hydrogens is 144 g/mol. The average Bonchev–Trinajstić information content (AvgIpc) is 1.88. The van der Waals surface area contributed by atoms with Crippen molar-refractivity contribution in [1.29, 1.82) is 0 Å². The predicted octanol–water partition coefficient (Wildman–Crippen LogP) is 3.36. The van der Waals surface area contributed by atoms with E-state index in [0.29, 0.717) is 5.38 Å². The number of hydrogen-bond acceptors (Lipinski definition) is 0. The SMILES string of the molecule is C=C(C)C1CCC(Cl)CC1. The topological polar surface area (TPSA) is 0 Å². The van der Waals surface area contributed by atoms with E-state index in [0.717, 1.165) is 5.92 Å². The molecule has 0 aromatic carbocycles. The van der Waals surface area contributed by atoms with Gasteiger partial charge in [-0.25, -0.2) is 0 Å². The Hall–Kier alpha value is 0.0300. The van der Waals surface area contributed by atoms with Crippen LogP contribution >= 0.6 is 11.6 Å². The lowest BCUT2D eigenvalue weighted by atomic mass is 9.85. The van der Waals surface area contributed by atoms with E-state index in [1.54, 1.807) is 0 Å². The molecule has 0 radical (unpaired) electrons. The summed E-state index contributed by atoms with van der Waals surface area (Å²) in [5.74, 6) is 0.759. The summed E-state index contributed by atoms with van der Waals surface area (Å²) in [5.41, 5.74) is 1.34. The van der Waals surface area contributed by atoms with Crippen molar-refractivity contribution in [2.45, 2.75) is 38.0 Å². The minimum Gasteiger partial charge on any atom is -0.123 e. The zero-order valence-corrected chi connectivity index (χ0v) is 7.32. The van der Waals surface area contributed by atoms with Crippen molar-refractivity contribution in [1.82, 2.24) is 0 Å². The van der Waals surface area contributed by atoms with Gasteiger partial charge in [0.15, 0.2) is 0 Å². The number of hydrogen-bond donors (Lipinski definition) is 0.